The third-order valence-corrected chi connectivity index (χ3v) is 6.29. The lowest BCUT2D eigenvalue weighted by Gasteiger charge is -2.40. The predicted molar refractivity (Wildman–Crippen MR) is 115 cm³/mol. The molecule has 12 heteroatoms. The first-order valence-electron chi connectivity index (χ1n) is 10.9. The van der Waals surface area contributed by atoms with E-state index in [0.717, 1.165) is 0 Å². The maximum Gasteiger partial charge on any atom is 0.416 e. The van der Waals surface area contributed by atoms with Crippen LogP contribution in [-0.2, 0) is 9.53 Å². The van der Waals surface area contributed by atoms with Crippen LogP contribution in [-0.4, -0.2) is 84.6 Å². The monoisotopic (exact) mass is 480 g/mol. The number of aromatic nitrogens is 2. The number of hydrogen-bond acceptors (Lipinski definition) is 7. The minimum absolute atomic E-state index is 0.0423. The summed E-state index contributed by atoms with van der Waals surface area (Å²) in [4.78, 5) is 24.3. The van der Waals surface area contributed by atoms with E-state index in [2.05, 4.69) is 15.3 Å². The van der Waals surface area contributed by atoms with Crippen molar-refractivity contribution < 1.29 is 27.1 Å². The van der Waals surface area contributed by atoms with Gasteiger partial charge < -0.3 is 19.9 Å². The molecule has 2 aromatic heterocycles. The molecule has 34 heavy (non-hydrogen) atoms. The summed E-state index contributed by atoms with van der Waals surface area (Å²) in [6.45, 7) is 0.00972. The minimum Gasteiger partial charge on any atom is -0.364 e. The summed E-state index contributed by atoms with van der Waals surface area (Å²) in [6, 6.07) is 5.14. The number of rotatable bonds is 4. The van der Waals surface area contributed by atoms with E-state index in [9.17, 15) is 23.2 Å². The first-order valence-corrected chi connectivity index (χ1v) is 10.9. The number of fused-ring (bicyclic) bond motifs is 1. The molecule has 0 spiro atoms. The Balaban J connectivity index is 1.56. The molecule has 182 valence electrons. The van der Waals surface area contributed by atoms with E-state index in [-0.39, 0.29) is 37.1 Å². The Morgan fingerprint density at radius 2 is 2.06 bits per heavy atom. The van der Waals surface area contributed by atoms with Crippen LogP contribution in [0, 0.1) is 11.3 Å². The minimum atomic E-state index is -4.72. The number of piperidine rings is 1. The zero-order valence-corrected chi connectivity index (χ0v) is 18.5. The highest BCUT2D eigenvalue weighted by Crippen LogP contribution is 2.33. The van der Waals surface area contributed by atoms with Gasteiger partial charge in [-0.15, -0.1) is 0 Å². The molecule has 0 aliphatic carbocycles. The van der Waals surface area contributed by atoms with Crippen LogP contribution in [0.2, 0.25) is 0 Å². The van der Waals surface area contributed by atoms with Crippen molar-refractivity contribution in [3.8, 4) is 6.07 Å². The van der Waals surface area contributed by atoms with Crippen LogP contribution in [0.25, 0.3) is 10.9 Å². The van der Waals surface area contributed by atoms with Gasteiger partial charge in [0.25, 0.3) is 5.91 Å². The average molecular weight is 480 g/mol. The third-order valence-electron chi connectivity index (χ3n) is 6.29. The number of nitrogens with one attached hydrogen (secondary N) is 1. The molecule has 4 heterocycles. The second-order valence-electron chi connectivity index (χ2n) is 8.74. The lowest BCUT2D eigenvalue weighted by Crippen LogP contribution is -2.58. The molecule has 0 unspecified atom stereocenters. The van der Waals surface area contributed by atoms with Gasteiger partial charge in [-0.25, -0.2) is 9.37 Å². The van der Waals surface area contributed by atoms with Gasteiger partial charge in [-0.3, -0.25) is 9.78 Å². The normalized spacial score (nSPS) is 23.5. The largest absolute Gasteiger partial charge is 0.416 e. The number of halogens is 4. The molecule has 0 saturated carbocycles. The fraction of sp³-hybridized carbons (Fsp3) is 0.545. The molecule has 0 bridgehead atoms. The van der Waals surface area contributed by atoms with E-state index in [4.69, 9.17) is 4.74 Å². The van der Waals surface area contributed by atoms with Crippen LogP contribution in [0.4, 0.5) is 23.2 Å². The molecule has 2 saturated heterocycles. The number of nitrogens with zero attached hydrogens (tertiary/aromatic N) is 5. The summed E-state index contributed by atoms with van der Waals surface area (Å²) in [5.41, 5.74) is -1.02. The van der Waals surface area contributed by atoms with Crippen LogP contribution in [0.3, 0.4) is 0 Å². The Morgan fingerprint density at radius 3 is 2.74 bits per heavy atom. The van der Waals surface area contributed by atoms with E-state index in [1.54, 1.807) is 12.1 Å². The zero-order valence-electron chi connectivity index (χ0n) is 18.5. The fourth-order valence-corrected chi connectivity index (χ4v) is 4.23. The van der Waals surface area contributed by atoms with E-state index in [1.165, 1.54) is 17.3 Å². The van der Waals surface area contributed by atoms with E-state index in [1.807, 2.05) is 18.0 Å². The van der Waals surface area contributed by atoms with Crippen molar-refractivity contribution in [2.24, 2.45) is 0 Å². The Kier molecular flexibility index (Phi) is 6.60. The Morgan fingerprint density at radius 1 is 1.32 bits per heavy atom. The molecule has 4 rings (SSSR count). The number of pyridine rings is 2. The fourth-order valence-electron chi connectivity index (χ4n) is 4.23. The van der Waals surface area contributed by atoms with Crippen molar-refractivity contribution in [3.05, 3.63) is 30.2 Å². The van der Waals surface area contributed by atoms with Gasteiger partial charge in [-0.1, -0.05) is 0 Å². The molecule has 8 nitrogen and oxygen atoms in total. The van der Waals surface area contributed by atoms with Crippen molar-refractivity contribution in [1.29, 1.82) is 5.26 Å². The van der Waals surface area contributed by atoms with Gasteiger partial charge in [0, 0.05) is 24.7 Å². The van der Waals surface area contributed by atoms with Gasteiger partial charge in [-0.05, 0) is 32.0 Å². The number of hydrogen-bond donors (Lipinski definition) is 1. The van der Waals surface area contributed by atoms with Crippen molar-refractivity contribution in [3.63, 3.8) is 0 Å². The highest BCUT2D eigenvalue weighted by molar-refractivity contribution is 5.94. The standard InChI is InChI=1S/C22H24F4N6O2/c1-31-7-4-21(23,5-8-31)13-30-20(33)17-11-32(12-18(34-17)22(24,25)26)16-10-29-15(9-27)19-14(16)3-2-6-28-19/h2-3,6,10,17-18H,4-5,7-8,11-13H2,1H3,(H,30,33)/t17-,18+/m0/s1. The second kappa shape index (κ2) is 9.31. The summed E-state index contributed by atoms with van der Waals surface area (Å²) < 4.78 is 61.1. The number of carbonyl (C=O) groups excluding carboxylic acids is 1. The summed E-state index contributed by atoms with van der Waals surface area (Å²) in [5, 5.41) is 12.2. The van der Waals surface area contributed by atoms with E-state index >= 15 is 4.39 Å². The molecule has 1 amide bonds. The predicted octanol–water partition coefficient (Wildman–Crippen LogP) is 2.19. The van der Waals surface area contributed by atoms with Gasteiger partial charge in [0.15, 0.2) is 17.9 Å². The van der Waals surface area contributed by atoms with Crippen molar-refractivity contribution >= 4 is 22.5 Å². The number of likely N-dealkylation sites (tertiary alicyclic amines) is 1. The van der Waals surface area contributed by atoms with Gasteiger partial charge in [0.2, 0.25) is 0 Å². The van der Waals surface area contributed by atoms with Crippen LogP contribution in [0.15, 0.2) is 24.5 Å². The maximum absolute atomic E-state index is 15.0. The summed E-state index contributed by atoms with van der Waals surface area (Å²) in [5.74, 6) is -0.807. The number of anilines is 1. The average Bonchev–Trinajstić information content (AvgIpc) is 2.83. The quantitative estimate of drug-likeness (QED) is 0.671. The number of carbonyl (C=O) groups is 1. The van der Waals surface area contributed by atoms with Gasteiger partial charge in [0.05, 0.1) is 31.5 Å². The second-order valence-corrected chi connectivity index (χ2v) is 8.74. The lowest BCUT2D eigenvalue weighted by molar-refractivity contribution is -0.234. The summed E-state index contributed by atoms with van der Waals surface area (Å²) >= 11 is 0. The zero-order chi connectivity index (χ0) is 24.5. The Bertz CT molecular complexity index is 1100. The number of ether oxygens (including phenoxy) is 1. The molecule has 2 aliphatic heterocycles. The highest BCUT2D eigenvalue weighted by atomic mass is 19.4. The van der Waals surface area contributed by atoms with Crippen molar-refractivity contribution in [1.82, 2.24) is 20.2 Å². The molecule has 0 aromatic carbocycles. The lowest BCUT2D eigenvalue weighted by atomic mass is 9.93. The van der Waals surface area contributed by atoms with Gasteiger partial charge in [-0.2, -0.15) is 18.4 Å². The van der Waals surface area contributed by atoms with Crippen molar-refractivity contribution in [2.75, 3.05) is 44.7 Å². The topological polar surface area (TPSA) is 94.4 Å². The van der Waals surface area contributed by atoms with E-state index < -0.39 is 36.5 Å². The van der Waals surface area contributed by atoms with Gasteiger partial charge in [0.1, 0.15) is 17.3 Å². The number of amides is 1. The first-order chi connectivity index (χ1) is 16.1. The molecule has 2 aromatic rings. The summed E-state index contributed by atoms with van der Waals surface area (Å²) in [7, 11) is 1.87. The van der Waals surface area contributed by atoms with Crippen LogP contribution >= 0.6 is 0 Å². The number of nitriles is 1. The van der Waals surface area contributed by atoms with Crippen LogP contribution in [0.5, 0.6) is 0 Å². The molecule has 1 N–H and O–H groups in total. The molecule has 0 radical (unpaired) electrons. The molecular weight excluding hydrogens is 456 g/mol. The van der Waals surface area contributed by atoms with Crippen LogP contribution in [0.1, 0.15) is 18.5 Å². The first kappa shape index (κ1) is 24.1. The smallest absolute Gasteiger partial charge is 0.364 e. The van der Waals surface area contributed by atoms with Gasteiger partial charge >= 0.3 is 6.18 Å². The molecule has 2 aliphatic rings. The van der Waals surface area contributed by atoms with Crippen molar-refractivity contribution in [2.45, 2.75) is 36.9 Å². The van der Waals surface area contributed by atoms with E-state index in [0.29, 0.717) is 24.2 Å². The molecule has 2 fully saturated rings. The molecule has 2 atom stereocenters. The molecular formula is C22H24F4N6O2. The Hall–Kier alpha value is -3.04. The number of alkyl halides is 4. The number of morpholine rings is 1. The Labute approximate surface area is 193 Å². The SMILES string of the molecule is CN1CCC(F)(CNC(=O)[C@@H]2CN(c3cnc(C#N)c4ncccc34)C[C@H](C(F)(F)F)O2)CC1. The van der Waals surface area contributed by atoms with Crippen LogP contribution < -0.4 is 10.2 Å². The summed E-state index contributed by atoms with van der Waals surface area (Å²) in [6.07, 6.45) is -5.23. The highest BCUT2D eigenvalue weighted by Gasteiger charge is 2.48. The maximum atomic E-state index is 15.0. The third kappa shape index (κ3) is 5.05.